The van der Waals surface area contributed by atoms with E-state index in [0.717, 1.165) is 0 Å². The molecule has 0 aliphatic rings. The minimum Gasteiger partial charge on any atom is -0.474 e. The van der Waals surface area contributed by atoms with Crippen LogP contribution in [0.5, 0.6) is 5.88 Å². The van der Waals surface area contributed by atoms with E-state index in [1.807, 2.05) is 22.6 Å². The molecule has 0 radical (unpaired) electrons. The number of aliphatic hydroxyl groups excluding tert-OH is 1. The maximum absolute atomic E-state index is 12.8. The molecule has 0 bridgehead atoms. The first-order valence-corrected chi connectivity index (χ1v) is 4.96. The van der Waals surface area contributed by atoms with Gasteiger partial charge < -0.3 is 9.84 Å². The van der Waals surface area contributed by atoms with Gasteiger partial charge in [0.05, 0.1) is 0 Å². The van der Waals surface area contributed by atoms with E-state index in [2.05, 4.69) is 11.6 Å². The smallest absolute Gasteiger partial charge is 0.217 e. The summed E-state index contributed by atoms with van der Waals surface area (Å²) < 4.78 is 18.5. The first kappa shape index (κ1) is 11.4. The predicted octanol–water partition coefficient (Wildman–Crippen LogP) is 1.75. The number of hydrogen-bond donors (Lipinski definition) is 1. The zero-order valence-corrected chi connectivity index (χ0v) is 9.44. The number of rotatable bonds is 4. The Morgan fingerprint density at radius 3 is 3.00 bits per heavy atom. The Morgan fingerprint density at radius 1 is 1.71 bits per heavy atom. The van der Waals surface area contributed by atoms with Crippen LogP contribution in [-0.2, 0) is 0 Å². The molecular weight excluding hydrogens is 300 g/mol. The van der Waals surface area contributed by atoms with Gasteiger partial charge in [-0.3, -0.25) is 0 Å². The standard InChI is InChI=1S/C9H9FINO2/c1-2-7(13)5-14-9-4-6(11)3-8(10)12-9/h2-4,7,13H,1,5H2/t7-/m1/s1. The summed E-state index contributed by atoms with van der Waals surface area (Å²) in [6.07, 6.45) is 0.572. The van der Waals surface area contributed by atoms with Crippen molar-refractivity contribution in [3.05, 3.63) is 34.3 Å². The fourth-order valence-corrected chi connectivity index (χ4v) is 1.28. The topological polar surface area (TPSA) is 42.4 Å². The van der Waals surface area contributed by atoms with Crippen molar-refractivity contribution in [2.24, 2.45) is 0 Å². The first-order chi connectivity index (χ1) is 6.61. The molecule has 1 aromatic rings. The van der Waals surface area contributed by atoms with Gasteiger partial charge in [0.1, 0.15) is 12.7 Å². The van der Waals surface area contributed by atoms with E-state index in [9.17, 15) is 4.39 Å². The molecule has 1 atom stereocenters. The third-order valence-corrected chi connectivity index (χ3v) is 2.03. The lowest BCUT2D eigenvalue weighted by Gasteiger charge is -2.07. The highest BCUT2D eigenvalue weighted by Gasteiger charge is 2.03. The van der Waals surface area contributed by atoms with Crippen LogP contribution < -0.4 is 4.74 Å². The van der Waals surface area contributed by atoms with Crippen LogP contribution in [0.4, 0.5) is 4.39 Å². The molecule has 3 nitrogen and oxygen atoms in total. The van der Waals surface area contributed by atoms with Gasteiger partial charge in [-0.15, -0.1) is 6.58 Å². The normalized spacial score (nSPS) is 12.2. The molecule has 0 spiro atoms. The lowest BCUT2D eigenvalue weighted by molar-refractivity contribution is 0.140. The van der Waals surface area contributed by atoms with Gasteiger partial charge in [0.25, 0.3) is 0 Å². The number of halogens is 2. The Kier molecular flexibility index (Phi) is 4.27. The van der Waals surface area contributed by atoms with Gasteiger partial charge in [-0.25, -0.2) is 0 Å². The van der Waals surface area contributed by atoms with Crippen molar-refractivity contribution in [1.82, 2.24) is 4.98 Å². The van der Waals surface area contributed by atoms with E-state index >= 15 is 0 Å². The van der Waals surface area contributed by atoms with Gasteiger partial charge in [0, 0.05) is 15.7 Å². The highest BCUT2D eigenvalue weighted by molar-refractivity contribution is 14.1. The van der Waals surface area contributed by atoms with Crippen molar-refractivity contribution in [1.29, 1.82) is 0 Å². The third-order valence-electron chi connectivity index (χ3n) is 1.41. The minimum atomic E-state index is -0.766. The molecule has 0 saturated carbocycles. The van der Waals surface area contributed by atoms with Gasteiger partial charge >= 0.3 is 0 Å². The van der Waals surface area contributed by atoms with Crippen molar-refractivity contribution in [3.63, 3.8) is 0 Å². The van der Waals surface area contributed by atoms with Gasteiger partial charge in [-0.05, 0) is 22.6 Å². The lowest BCUT2D eigenvalue weighted by Crippen LogP contribution is -2.14. The molecule has 14 heavy (non-hydrogen) atoms. The molecule has 0 saturated heterocycles. The number of ether oxygens (including phenoxy) is 1. The maximum atomic E-state index is 12.8. The van der Waals surface area contributed by atoms with Crippen molar-refractivity contribution < 1.29 is 14.2 Å². The Balaban J connectivity index is 2.62. The van der Waals surface area contributed by atoms with E-state index in [4.69, 9.17) is 9.84 Å². The van der Waals surface area contributed by atoms with Crippen LogP contribution in [0.25, 0.3) is 0 Å². The fraction of sp³-hybridized carbons (Fsp3) is 0.222. The largest absolute Gasteiger partial charge is 0.474 e. The summed E-state index contributed by atoms with van der Waals surface area (Å²) in [6, 6.07) is 2.87. The molecule has 0 aromatic carbocycles. The van der Waals surface area contributed by atoms with Gasteiger partial charge in [0.2, 0.25) is 11.8 Å². The van der Waals surface area contributed by atoms with Gasteiger partial charge in [0.15, 0.2) is 0 Å². The molecule has 1 N–H and O–H groups in total. The van der Waals surface area contributed by atoms with Crippen LogP contribution in [0.3, 0.4) is 0 Å². The molecule has 0 aliphatic heterocycles. The van der Waals surface area contributed by atoms with E-state index < -0.39 is 12.1 Å². The maximum Gasteiger partial charge on any atom is 0.217 e. The molecule has 1 heterocycles. The fourth-order valence-electron chi connectivity index (χ4n) is 0.756. The van der Waals surface area contributed by atoms with E-state index in [1.54, 1.807) is 6.07 Å². The first-order valence-electron chi connectivity index (χ1n) is 3.88. The van der Waals surface area contributed by atoms with Crippen molar-refractivity contribution in [3.8, 4) is 5.88 Å². The van der Waals surface area contributed by atoms with Gasteiger partial charge in [-0.2, -0.15) is 9.37 Å². The Morgan fingerprint density at radius 2 is 2.43 bits per heavy atom. The predicted molar refractivity (Wildman–Crippen MR) is 58.6 cm³/mol. The molecule has 0 amide bonds. The van der Waals surface area contributed by atoms with Gasteiger partial charge in [-0.1, -0.05) is 6.08 Å². The zero-order chi connectivity index (χ0) is 10.6. The second kappa shape index (κ2) is 5.26. The molecule has 5 heteroatoms. The zero-order valence-electron chi connectivity index (χ0n) is 7.28. The Bertz CT molecular complexity index is 312. The number of aliphatic hydroxyl groups is 1. The monoisotopic (exact) mass is 309 g/mol. The van der Waals surface area contributed by atoms with Crippen molar-refractivity contribution in [2.75, 3.05) is 6.61 Å². The summed E-state index contributed by atoms with van der Waals surface area (Å²) >= 11 is 1.95. The lowest BCUT2D eigenvalue weighted by atomic mass is 10.4. The van der Waals surface area contributed by atoms with Crippen LogP contribution >= 0.6 is 22.6 Å². The molecule has 1 aromatic heterocycles. The van der Waals surface area contributed by atoms with E-state index in [-0.39, 0.29) is 12.5 Å². The molecule has 76 valence electrons. The summed E-state index contributed by atoms with van der Waals surface area (Å²) in [5.74, 6) is -0.435. The average Bonchev–Trinajstić information content (AvgIpc) is 2.12. The summed E-state index contributed by atoms with van der Waals surface area (Å²) in [6.45, 7) is 3.41. The number of aromatic nitrogens is 1. The minimum absolute atomic E-state index is 0.0238. The van der Waals surface area contributed by atoms with Crippen molar-refractivity contribution in [2.45, 2.75) is 6.10 Å². The second-order valence-corrected chi connectivity index (χ2v) is 3.81. The van der Waals surface area contributed by atoms with Crippen LogP contribution in [-0.4, -0.2) is 22.8 Å². The second-order valence-electron chi connectivity index (χ2n) is 2.56. The summed E-state index contributed by atoms with van der Waals surface area (Å²) in [7, 11) is 0. The average molecular weight is 309 g/mol. The van der Waals surface area contributed by atoms with Crippen LogP contribution in [0.2, 0.25) is 0 Å². The van der Waals surface area contributed by atoms with E-state index in [0.29, 0.717) is 3.57 Å². The van der Waals surface area contributed by atoms with Crippen molar-refractivity contribution >= 4 is 22.6 Å². The quantitative estimate of drug-likeness (QED) is 0.523. The Hall–Kier alpha value is -0.690. The summed E-state index contributed by atoms with van der Waals surface area (Å²) in [5, 5.41) is 9.09. The summed E-state index contributed by atoms with van der Waals surface area (Å²) in [5.41, 5.74) is 0. The highest BCUT2D eigenvalue weighted by Crippen LogP contribution is 2.13. The molecule has 0 aliphatic carbocycles. The summed E-state index contributed by atoms with van der Waals surface area (Å²) in [4.78, 5) is 3.50. The molecule has 1 rings (SSSR count). The highest BCUT2D eigenvalue weighted by atomic mass is 127. The van der Waals surface area contributed by atoms with Crippen LogP contribution in [0.1, 0.15) is 0 Å². The van der Waals surface area contributed by atoms with Crippen LogP contribution in [0.15, 0.2) is 24.8 Å². The SMILES string of the molecule is C=C[C@@H](O)COc1cc(I)cc(F)n1. The van der Waals surface area contributed by atoms with Crippen LogP contribution in [0, 0.1) is 9.52 Å². The number of hydrogen-bond acceptors (Lipinski definition) is 3. The number of pyridine rings is 1. The molecule has 0 unspecified atom stereocenters. The molecular formula is C9H9FINO2. The van der Waals surface area contributed by atoms with E-state index in [1.165, 1.54) is 12.1 Å². The third kappa shape index (κ3) is 3.59. The number of nitrogens with zero attached hydrogens (tertiary/aromatic N) is 1. The Labute approximate surface area is 94.8 Å². The molecule has 0 fully saturated rings.